The largest absolute Gasteiger partial charge is 0.488 e. The van der Waals surface area contributed by atoms with Crippen LogP contribution in [0.3, 0.4) is 0 Å². The topological polar surface area (TPSA) is 57.9 Å². The highest BCUT2D eigenvalue weighted by atomic mass is 16.5. The van der Waals surface area contributed by atoms with Crippen molar-refractivity contribution in [1.82, 2.24) is 4.98 Å². The molecule has 4 heteroatoms. The van der Waals surface area contributed by atoms with Crippen LogP contribution in [0, 0.1) is 11.3 Å². The minimum atomic E-state index is 0.101. The second-order valence-corrected chi connectivity index (χ2v) is 4.47. The Balaban J connectivity index is 1.65. The maximum absolute atomic E-state index is 9.00. The molecule has 3 rings (SSSR count). The van der Waals surface area contributed by atoms with Crippen LogP contribution in [-0.4, -0.2) is 17.6 Å². The Hall–Kier alpha value is -2.54. The fourth-order valence-electron chi connectivity index (χ4n) is 2.22. The smallest absolute Gasteiger partial charge is 0.123 e. The second kappa shape index (κ2) is 4.99. The number of hydrogen-bond acceptors (Lipinski definition) is 4. The Kier molecular flexibility index (Phi) is 3.03. The summed E-state index contributed by atoms with van der Waals surface area (Å²) in [6.07, 6.45) is 4.28. The third kappa shape index (κ3) is 2.36. The molecule has 1 aromatic heterocycles. The Morgan fingerprint density at radius 3 is 3.11 bits per heavy atom. The van der Waals surface area contributed by atoms with Crippen molar-refractivity contribution < 1.29 is 4.74 Å². The molecule has 1 unspecified atom stereocenters. The van der Waals surface area contributed by atoms with Crippen molar-refractivity contribution in [2.45, 2.75) is 12.5 Å². The van der Waals surface area contributed by atoms with E-state index in [1.165, 1.54) is 5.56 Å². The highest BCUT2D eigenvalue weighted by Crippen LogP contribution is 2.28. The average molecular weight is 251 g/mol. The van der Waals surface area contributed by atoms with Crippen molar-refractivity contribution in [3.63, 3.8) is 0 Å². The van der Waals surface area contributed by atoms with Crippen LogP contribution in [-0.2, 0) is 6.42 Å². The van der Waals surface area contributed by atoms with Crippen LogP contribution in [0.25, 0.3) is 0 Å². The van der Waals surface area contributed by atoms with Gasteiger partial charge in [0, 0.05) is 12.6 Å². The predicted octanol–water partition coefficient (Wildman–Crippen LogP) is 2.37. The standard InChI is InChI=1S/C15H13N3O/c16-8-12-5-6-17-10-14(12)18-9-13-7-11-3-1-2-4-15(11)19-13/h1-6,10,13,18H,7,9H2. The highest BCUT2D eigenvalue weighted by Gasteiger charge is 2.22. The number of nitriles is 1. The minimum absolute atomic E-state index is 0.101. The van der Waals surface area contributed by atoms with Crippen LogP contribution in [0.1, 0.15) is 11.1 Å². The van der Waals surface area contributed by atoms with Gasteiger partial charge in [-0.05, 0) is 17.7 Å². The molecule has 94 valence electrons. The van der Waals surface area contributed by atoms with Crippen molar-refractivity contribution in [3.05, 3.63) is 53.9 Å². The zero-order valence-corrected chi connectivity index (χ0v) is 10.3. The number of pyridine rings is 1. The van der Waals surface area contributed by atoms with Gasteiger partial charge < -0.3 is 10.1 Å². The maximum atomic E-state index is 9.00. The molecule has 1 atom stereocenters. The van der Waals surface area contributed by atoms with Crippen LogP contribution in [0.4, 0.5) is 5.69 Å². The monoisotopic (exact) mass is 251 g/mol. The molecule has 2 heterocycles. The van der Waals surface area contributed by atoms with E-state index in [-0.39, 0.29) is 6.10 Å². The normalized spacial score (nSPS) is 16.3. The first-order chi connectivity index (χ1) is 9.36. The molecule has 1 aliphatic rings. The number of rotatable bonds is 3. The van der Waals surface area contributed by atoms with E-state index in [0.717, 1.165) is 17.9 Å². The molecule has 1 N–H and O–H groups in total. The van der Waals surface area contributed by atoms with Crippen LogP contribution in [0.2, 0.25) is 0 Å². The van der Waals surface area contributed by atoms with E-state index < -0.39 is 0 Å². The molecular weight excluding hydrogens is 238 g/mol. The number of aromatic nitrogens is 1. The van der Waals surface area contributed by atoms with Gasteiger partial charge in [-0.3, -0.25) is 4.98 Å². The summed E-state index contributed by atoms with van der Waals surface area (Å²) in [5, 5.41) is 12.2. The fraction of sp³-hybridized carbons (Fsp3) is 0.200. The molecule has 0 saturated heterocycles. The summed E-state index contributed by atoms with van der Waals surface area (Å²) >= 11 is 0. The lowest BCUT2D eigenvalue weighted by atomic mass is 10.1. The van der Waals surface area contributed by atoms with E-state index >= 15 is 0 Å². The van der Waals surface area contributed by atoms with Gasteiger partial charge in [0.2, 0.25) is 0 Å². The summed E-state index contributed by atoms with van der Waals surface area (Å²) in [6.45, 7) is 0.662. The minimum Gasteiger partial charge on any atom is -0.488 e. The zero-order valence-electron chi connectivity index (χ0n) is 10.3. The van der Waals surface area contributed by atoms with Crippen molar-refractivity contribution in [2.24, 2.45) is 0 Å². The van der Waals surface area contributed by atoms with Gasteiger partial charge in [0.25, 0.3) is 0 Å². The summed E-state index contributed by atoms with van der Waals surface area (Å²) in [5.74, 6) is 0.959. The first-order valence-corrected chi connectivity index (χ1v) is 6.19. The van der Waals surface area contributed by atoms with E-state index in [0.29, 0.717) is 12.1 Å². The van der Waals surface area contributed by atoms with Gasteiger partial charge in [-0.2, -0.15) is 5.26 Å². The summed E-state index contributed by atoms with van der Waals surface area (Å²) in [5.41, 5.74) is 2.59. The average Bonchev–Trinajstić information content (AvgIpc) is 2.88. The fourth-order valence-corrected chi connectivity index (χ4v) is 2.22. The Morgan fingerprint density at radius 2 is 2.26 bits per heavy atom. The SMILES string of the molecule is N#Cc1ccncc1NCC1Cc2ccccc2O1. The third-order valence-electron chi connectivity index (χ3n) is 3.18. The van der Waals surface area contributed by atoms with Crippen molar-refractivity contribution in [3.8, 4) is 11.8 Å². The Bertz CT molecular complexity index is 608. The first-order valence-electron chi connectivity index (χ1n) is 6.19. The van der Waals surface area contributed by atoms with Crippen LogP contribution in [0.5, 0.6) is 5.75 Å². The highest BCUT2D eigenvalue weighted by molar-refractivity contribution is 5.55. The molecule has 0 spiro atoms. The molecule has 0 saturated carbocycles. The molecule has 0 fully saturated rings. The number of hydrogen-bond donors (Lipinski definition) is 1. The zero-order chi connectivity index (χ0) is 13.1. The molecule has 1 aliphatic heterocycles. The summed E-state index contributed by atoms with van der Waals surface area (Å²) in [6, 6.07) is 11.9. The first kappa shape index (κ1) is 11.5. The van der Waals surface area contributed by atoms with Gasteiger partial charge in [-0.25, -0.2) is 0 Å². The third-order valence-corrected chi connectivity index (χ3v) is 3.18. The lowest BCUT2D eigenvalue weighted by molar-refractivity contribution is 0.246. The van der Waals surface area contributed by atoms with E-state index in [1.807, 2.05) is 18.2 Å². The Morgan fingerprint density at radius 1 is 1.37 bits per heavy atom. The molecule has 1 aromatic carbocycles. The molecule has 0 bridgehead atoms. The lowest BCUT2D eigenvalue weighted by Gasteiger charge is -2.13. The van der Waals surface area contributed by atoms with E-state index in [4.69, 9.17) is 10.00 Å². The number of anilines is 1. The van der Waals surface area contributed by atoms with Crippen molar-refractivity contribution in [1.29, 1.82) is 5.26 Å². The quantitative estimate of drug-likeness (QED) is 0.909. The summed E-state index contributed by atoms with van der Waals surface area (Å²) in [7, 11) is 0. The van der Waals surface area contributed by atoms with Gasteiger partial charge >= 0.3 is 0 Å². The number of nitrogens with zero attached hydrogens (tertiary/aromatic N) is 2. The summed E-state index contributed by atoms with van der Waals surface area (Å²) in [4.78, 5) is 4.02. The molecule has 0 radical (unpaired) electrons. The second-order valence-electron chi connectivity index (χ2n) is 4.47. The van der Waals surface area contributed by atoms with Gasteiger partial charge in [-0.15, -0.1) is 0 Å². The molecule has 4 nitrogen and oxygen atoms in total. The lowest BCUT2D eigenvalue weighted by Crippen LogP contribution is -2.24. The molecule has 0 aliphatic carbocycles. The van der Waals surface area contributed by atoms with Crippen LogP contribution >= 0.6 is 0 Å². The number of ether oxygens (including phenoxy) is 1. The van der Waals surface area contributed by atoms with Crippen LogP contribution in [0.15, 0.2) is 42.7 Å². The Labute approximate surface area is 111 Å². The van der Waals surface area contributed by atoms with E-state index in [1.54, 1.807) is 18.5 Å². The van der Waals surface area contributed by atoms with Crippen molar-refractivity contribution >= 4 is 5.69 Å². The number of para-hydroxylation sites is 1. The maximum Gasteiger partial charge on any atom is 0.123 e. The van der Waals surface area contributed by atoms with Gasteiger partial charge in [0.05, 0.1) is 24.0 Å². The number of benzene rings is 1. The van der Waals surface area contributed by atoms with Gasteiger partial charge in [0.15, 0.2) is 0 Å². The summed E-state index contributed by atoms with van der Waals surface area (Å²) < 4.78 is 5.84. The molecule has 19 heavy (non-hydrogen) atoms. The molecule has 2 aromatic rings. The van der Waals surface area contributed by atoms with Crippen molar-refractivity contribution in [2.75, 3.05) is 11.9 Å². The van der Waals surface area contributed by atoms with E-state index in [9.17, 15) is 0 Å². The number of nitrogens with one attached hydrogen (secondary N) is 1. The van der Waals surface area contributed by atoms with E-state index in [2.05, 4.69) is 22.4 Å². The van der Waals surface area contributed by atoms with Crippen LogP contribution < -0.4 is 10.1 Å². The van der Waals surface area contributed by atoms with Gasteiger partial charge in [0.1, 0.15) is 17.9 Å². The molecular formula is C15H13N3O. The van der Waals surface area contributed by atoms with Gasteiger partial charge in [-0.1, -0.05) is 18.2 Å². The number of fused-ring (bicyclic) bond motifs is 1. The molecule has 0 amide bonds. The predicted molar refractivity (Wildman–Crippen MR) is 72.0 cm³/mol.